The van der Waals surface area contributed by atoms with E-state index in [2.05, 4.69) is 5.32 Å². The van der Waals surface area contributed by atoms with Crippen molar-refractivity contribution in [1.82, 2.24) is 15.1 Å². The van der Waals surface area contributed by atoms with Crippen molar-refractivity contribution in [2.45, 2.75) is 37.1 Å². The lowest BCUT2D eigenvalue weighted by molar-refractivity contribution is -0.143. The van der Waals surface area contributed by atoms with Crippen LogP contribution in [0.5, 0.6) is 0 Å². The minimum absolute atomic E-state index is 0.00650. The molecule has 7 heteroatoms. The van der Waals surface area contributed by atoms with Gasteiger partial charge < -0.3 is 15.1 Å². The van der Waals surface area contributed by atoms with Crippen molar-refractivity contribution in [3.05, 3.63) is 0 Å². The predicted molar refractivity (Wildman–Crippen MR) is 74.9 cm³/mol. The summed E-state index contributed by atoms with van der Waals surface area (Å²) in [5, 5.41) is 2.76. The van der Waals surface area contributed by atoms with Crippen LogP contribution in [-0.4, -0.2) is 63.8 Å². The molecule has 3 saturated heterocycles. The van der Waals surface area contributed by atoms with E-state index < -0.39 is 0 Å². The second-order valence-electron chi connectivity index (χ2n) is 5.69. The van der Waals surface area contributed by atoms with Crippen LogP contribution in [-0.2, 0) is 14.4 Å². The Bertz CT molecular complexity index is 470. The van der Waals surface area contributed by atoms with E-state index >= 15 is 0 Å². The quantitative estimate of drug-likeness (QED) is 0.727. The Morgan fingerprint density at radius 2 is 2.15 bits per heavy atom. The monoisotopic (exact) mass is 297 g/mol. The standard InChI is InChI=1S/C13H19N3O3S/c1-13-4-2-11(18)16(13)9(8-20-13)12(19)15-6-3-10(17)14-5-7-15/h9H,2-8H2,1H3,(H,14,17). The van der Waals surface area contributed by atoms with Gasteiger partial charge in [-0.2, -0.15) is 0 Å². The van der Waals surface area contributed by atoms with Crippen LogP contribution in [0.1, 0.15) is 26.2 Å². The highest BCUT2D eigenvalue weighted by atomic mass is 32.2. The number of carbonyl (C=O) groups is 3. The Hall–Kier alpha value is -1.24. The van der Waals surface area contributed by atoms with Gasteiger partial charge in [0.05, 0.1) is 4.87 Å². The lowest BCUT2D eigenvalue weighted by Crippen LogP contribution is -2.52. The van der Waals surface area contributed by atoms with Crippen molar-refractivity contribution in [2.75, 3.05) is 25.4 Å². The summed E-state index contributed by atoms with van der Waals surface area (Å²) in [5.74, 6) is 0.731. The second kappa shape index (κ2) is 4.95. The zero-order valence-corrected chi connectivity index (χ0v) is 12.4. The molecule has 0 spiro atoms. The number of carbonyl (C=O) groups excluding carboxylic acids is 3. The summed E-state index contributed by atoms with van der Waals surface area (Å²) in [6.07, 6.45) is 1.70. The lowest BCUT2D eigenvalue weighted by atomic mass is 10.2. The molecule has 1 N–H and O–H groups in total. The summed E-state index contributed by atoms with van der Waals surface area (Å²) < 4.78 is 0. The minimum atomic E-state index is -0.354. The maximum Gasteiger partial charge on any atom is 0.246 e. The third-order valence-electron chi connectivity index (χ3n) is 4.35. The molecule has 3 fully saturated rings. The first-order valence-corrected chi connectivity index (χ1v) is 8.01. The van der Waals surface area contributed by atoms with E-state index in [0.717, 1.165) is 6.42 Å². The molecule has 0 bridgehead atoms. The van der Waals surface area contributed by atoms with Crippen LogP contribution in [0, 0.1) is 0 Å². The Morgan fingerprint density at radius 3 is 2.95 bits per heavy atom. The average Bonchev–Trinajstić information content (AvgIpc) is 2.80. The van der Waals surface area contributed by atoms with Crippen LogP contribution >= 0.6 is 11.8 Å². The third-order valence-corrected chi connectivity index (χ3v) is 5.86. The molecule has 110 valence electrons. The van der Waals surface area contributed by atoms with Gasteiger partial charge in [-0.3, -0.25) is 14.4 Å². The van der Waals surface area contributed by atoms with E-state index in [0.29, 0.717) is 38.2 Å². The molecule has 3 aliphatic rings. The van der Waals surface area contributed by atoms with E-state index in [4.69, 9.17) is 0 Å². The maximum absolute atomic E-state index is 12.7. The first kappa shape index (κ1) is 13.7. The van der Waals surface area contributed by atoms with E-state index in [1.807, 2.05) is 6.92 Å². The van der Waals surface area contributed by atoms with Crippen molar-refractivity contribution in [3.63, 3.8) is 0 Å². The smallest absolute Gasteiger partial charge is 0.246 e. The first-order valence-electron chi connectivity index (χ1n) is 7.03. The Labute approximate surface area is 122 Å². The van der Waals surface area contributed by atoms with Gasteiger partial charge in [0, 0.05) is 38.2 Å². The molecular formula is C13H19N3O3S. The van der Waals surface area contributed by atoms with Gasteiger partial charge >= 0.3 is 0 Å². The summed E-state index contributed by atoms with van der Waals surface area (Å²) in [6, 6.07) is -0.354. The molecule has 20 heavy (non-hydrogen) atoms. The van der Waals surface area contributed by atoms with Gasteiger partial charge in [-0.25, -0.2) is 0 Å². The van der Waals surface area contributed by atoms with Gasteiger partial charge in [-0.15, -0.1) is 11.8 Å². The van der Waals surface area contributed by atoms with Crippen molar-refractivity contribution in [3.8, 4) is 0 Å². The summed E-state index contributed by atoms with van der Waals surface area (Å²) in [7, 11) is 0. The first-order chi connectivity index (χ1) is 9.51. The molecule has 3 rings (SSSR count). The number of thioether (sulfide) groups is 1. The SMILES string of the molecule is CC12CCC(=O)N1C(C(=O)N1CCNC(=O)CC1)CS2. The highest BCUT2D eigenvalue weighted by Gasteiger charge is 2.53. The molecule has 0 aromatic rings. The number of hydrogen-bond acceptors (Lipinski definition) is 4. The van der Waals surface area contributed by atoms with Crippen molar-refractivity contribution >= 4 is 29.5 Å². The highest BCUT2D eigenvalue weighted by molar-refractivity contribution is 8.01. The molecule has 2 atom stereocenters. The summed E-state index contributed by atoms with van der Waals surface area (Å²) in [6.45, 7) is 3.52. The van der Waals surface area contributed by atoms with Crippen LogP contribution in [0.4, 0.5) is 0 Å². The number of fused-ring (bicyclic) bond motifs is 1. The number of nitrogens with zero attached hydrogens (tertiary/aromatic N) is 2. The molecule has 0 aliphatic carbocycles. The number of hydrogen-bond donors (Lipinski definition) is 1. The topological polar surface area (TPSA) is 69.7 Å². The Balaban J connectivity index is 1.74. The Kier molecular flexibility index (Phi) is 3.40. The van der Waals surface area contributed by atoms with Gasteiger partial charge in [0.2, 0.25) is 17.7 Å². The van der Waals surface area contributed by atoms with Gasteiger partial charge in [-0.05, 0) is 13.3 Å². The normalized spacial score (nSPS) is 34.0. The second-order valence-corrected chi connectivity index (χ2v) is 7.19. The fourth-order valence-corrected chi connectivity index (χ4v) is 4.62. The molecule has 6 nitrogen and oxygen atoms in total. The van der Waals surface area contributed by atoms with Gasteiger partial charge in [0.15, 0.2) is 0 Å². The molecule has 0 aromatic carbocycles. The molecule has 3 heterocycles. The zero-order chi connectivity index (χ0) is 14.3. The van der Waals surface area contributed by atoms with Crippen molar-refractivity contribution in [2.24, 2.45) is 0 Å². The fourth-order valence-electron chi connectivity index (χ4n) is 3.20. The molecule has 2 unspecified atom stereocenters. The molecule has 3 amide bonds. The largest absolute Gasteiger partial charge is 0.354 e. The fraction of sp³-hybridized carbons (Fsp3) is 0.769. The van der Waals surface area contributed by atoms with Gasteiger partial charge in [0.25, 0.3) is 0 Å². The van der Waals surface area contributed by atoms with Crippen molar-refractivity contribution < 1.29 is 14.4 Å². The lowest BCUT2D eigenvalue weighted by Gasteiger charge is -2.32. The van der Waals surface area contributed by atoms with E-state index in [1.165, 1.54) is 0 Å². The molecule has 3 aliphatic heterocycles. The molecular weight excluding hydrogens is 278 g/mol. The Morgan fingerprint density at radius 1 is 1.35 bits per heavy atom. The predicted octanol–water partition coefficient (Wildman–Crippen LogP) is -0.211. The van der Waals surface area contributed by atoms with Crippen LogP contribution in [0.2, 0.25) is 0 Å². The molecule has 0 saturated carbocycles. The number of rotatable bonds is 1. The van der Waals surface area contributed by atoms with Crippen LogP contribution in [0.15, 0.2) is 0 Å². The number of amides is 3. The van der Waals surface area contributed by atoms with E-state index in [1.54, 1.807) is 21.6 Å². The third kappa shape index (κ3) is 2.17. The number of nitrogens with one attached hydrogen (secondary N) is 1. The van der Waals surface area contributed by atoms with Crippen molar-refractivity contribution in [1.29, 1.82) is 0 Å². The minimum Gasteiger partial charge on any atom is -0.354 e. The highest BCUT2D eigenvalue weighted by Crippen LogP contribution is 2.47. The maximum atomic E-state index is 12.7. The van der Waals surface area contributed by atoms with Gasteiger partial charge in [0.1, 0.15) is 6.04 Å². The average molecular weight is 297 g/mol. The molecule has 0 radical (unpaired) electrons. The van der Waals surface area contributed by atoms with Crippen LogP contribution < -0.4 is 5.32 Å². The van der Waals surface area contributed by atoms with E-state index in [-0.39, 0.29) is 28.6 Å². The zero-order valence-electron chi connectivity index (χ0n) is 11.6. The van der Waals surface area contributed by atoms with Crippen LogP contribution in [0.25, 0.3) is 0 Å². The van der Waals surface area contributed by atoms with Gasteiger partial charge in [-0.1, -0.05) is 0 Å². The summed E-state index contributed by atoms with van der Waals surface area (Å²) in [4.78, 5) is 39.4. The van der Waals surface area contributed by atoms with E-state index in [9.17, 15) is 14.4 Å². The molecule has 0 aromatic heterocycles. The summed E-state index contributed by atoms with van der Waals surface area (Å²) >= 11 is 1.70. The summed E-state index contributed by atoms with van der Waals surface area (Å²) in [5.41, 5.74) is 0. The van der Waals surface area contributed by atoms with Crippen LogP contribution in [0.3, 0.4) is 0 Å².